The lowest BCUT2D eigenvalue weighted by atomic mass is 10.4. The summed E-state index contributed by atoms with van der Waals surface area (Å²) in [5.41, 5.74) is 1.41. The van der Waals surface area contributed by atoms with Gasteiger partial charge in [-0.15, -0.1) is 22.7 Å². The van der Waals surface area contributed by atoms with Crippen molar-refractivity contribution in [3.63, 3.8) is 0 Å². The average Bonchev–Trinajstić information content (AvgIpc) is 2.89. The highest BCUT2D eigenvalue weighted by Gasteiger charge is 2.12. The van der Waals surface area contributed by atoms with Gasteiger partial charge in [-0.3, -0.25) is 0 Å². The molecular formula is C11H12N2O2S2. The molecule has 0 radical (unpaired) electrons. The predicted octanol–water partition coefficient (Wildman–Crippen LogP) is 2.68. The largest absolute Gasteiger partial charge is 0.461 e. The van der Waals surface area contributed by atoms with Gasteiger partial charge in [0.25, 0.3) is 0 Å². The molecule has 2 aromatic heterocycles. The molecular weight excluding hydrogens is 256 g/mol. The van der Waals surface area contributed by atoms with Crippen molar-refractivity contribution in [1.29, 1.82) is 0 Å². The maximum Gasteiger partial charge on any atom is 0.357 e. The van der Waals surface area contributed by atoms with E-state index in [0.717, 1.165) is 15.7 Å². The molecule has 0 saturated carbocycles. The lowest BCUT2D eigenvalue weighted by Gasteiger charge is -1.96. The van der Waals surface area contributed by atoms with E-state index in [-0.39, 0.29) is 5.97 Å². The number of nitrogens with zero attached hydrogens (tertiary/aromatic N) is 2. The van der Waals surface area contributed by atoms with Crippen LogP contribution in [0.1, 0.15) is 33.1 Å². The molecule has 0 atom stereocenters. The second kappa shape index (κ2) is 5.37. The number of esters is 1. The van der Waals surface area contributed by atoms with E-state index >= 15 is 0 Å². The van der Waals surface area contributed by atoms with Crippen molar-refractivity contribution in [2.75, 3.05) is 6.61 Å². The predicted molar refractivity (Wildman–Crippen MR) is 67.7 cm³/mol. The van der Waals surface area contributed by atoms with Gasteiger partial charge in [0.1, 0.15) is 5.01 Å². The number of hydrogen-bond donors (Lipinski definition) is 0. The number of carbonyl (C=O) groups excluding carboxylic acids is 1. The average molecular weight is 268 g/mol. The van der Waals surface area contributed by atoms with Gasteiger partial charge in [0.2, 0.25) is 0 Å². The third-order valence-corrected chi connectivity index (χ3v) is 3.82. The first-order valence-corrected chi connectivity index (χ1v) is 6.97. The Morgan fingerprint density at radius 2 is 2.00 bits per heavy atom. The van der Waals surface area contributed by atoms with Crippen LogP contribution >= 0.6 is 22.7 Å². The van der Waals surface area contributed by atoms with Crippen molar-refractivity contribution < 1.29 is 9.53 Å². The van der Waals surface area contributed by atoms with E-state index in [1.54, 1.807) is 23.6 Å². The Bertz CT molecular complexity index is 519. The molecule has 0 bridgehead atoms. The zero-order valence-electron chi connectivity index (χ0n) is 9.60. The van der Waals surface area contributed by atoms with Gasteiger partial charge in [-0.2, -0.15) is 0 Å². The fraction of sp³-hybridized carbons (Fsp3) is 0.364. The van der Waals surface area contributed by atoms with Crippen molar-refractivity contribution in [3.8, 4) is 0 Å². The lowest BCUT2D eigenvalue weighted by Crippen LogP contribution is -2.05. The number of rotatable bonds is 4. The number of carbonyl (C=O) groups is 1. The van der Waals surface area contributed by atoms with Gasteiger partial charge in [-0.1, -0.05) is 0 Å². The molecule has 0 aromatic carbocycles. The van der Waals surface area contributed by atoms with Crippen molar-refractivity contribution in [3.05, 3.63) is 32.2 Å². The van der Waals surface area contributed by atoms with Crippen LogP contribution < -0.4 is 0 Å². The van der Waals surface area contributed by atoms with Crippen LogP contribution in [0.5, 0.6) is 0 Å². The minimum atomic E-state index is -0.356. The molecule has 0 amide bonds. The molecule has 17 heavy (non-hydrogen) atoms. The van der Waals surface area contributed by atoms with Gasteiger partial charge in [0, 0.05) is 16.5 Å². The zero-order valence-corrected chi connectivity index (χ0v) is 11.2. The van der Waals surface area contributed by atoms with Gasteiger partial charge in [0.15, 0.2) is 5.69 Å². The fourth-order valence-electron chi connectivity index (χ4n) is 1.30. The molecule has 90 valence electrons. The maximum atomic E-state index is 11.4. The van der Waals surface area contributed by atoms with E-state index in [4.69, 9.17) is 4.74 Å². The standard InChI is InChI=1S/C11H12N2O2S2/c1-3-15-11(14)8-6-17-10(13-8)4-9-12-7(2)5-16-9/h5-6H,3-4H2,1-2H3. The van der Waals surface area contributed by atoms with Crippen molar-refractivity contribution in [1.82, 2.24) is 9.97 Å². The second-order valence-electron chi connectivity index (χ2n) is 3.41. The molecule has 0 unspecified atom stereocenters. The molecule has 0 spiro atoms. The Morgan fingerprint density at radius 3 is 2.65 bits per heavy atom. The smallest absolute Gasteiger partial charge is 0.357 e. The quantitative estimate of drug-likeness (QED) is 0.800. The van der Waals surface area contributed by atoms with Crippen molar-refractivity contribution in [2.45, 2.75) is 20.3 Å². The number of aryl methyl sites for hydroxylation is 1. The molecule has 2 heterocycles. The summed E-state index contributed by atoms with van der Waals surface area (Å²) in [6.07, 6.45) is 0.683. The maximum absolute atomic E-state index is 11.4. The zero-order chi connectivity index (χ0) is 12.3. The minimum absolute atomic E-state index is 0.356. The van der Waals surface area contributed by atoms with Crippen LogP contribution in [0.25, 0.3) is 0 Å². The Labute approximate surface area is 107 Å². The normalized spacial score (nSPS) is 10.5. The summed E-state index contributed by atoms with van der Waals surface area (Å²) in [7, 11) is 0. The molecule has 2 rings (SSSR count). The van der Waals surface area contributed by atoms with E-state index in [1.807, 2.05) is 12.3 Å². The number of hydrogen-bond acceptors (Lipinski definition) is 6. The molecule has 0 aliphatic heterocycles. The second-order valence-corrected chi connectivity index (χ2v) is 5.29. The van der Waals surface area contributed by atoms with E-state index in [2.05, 4.69) is 9.97 Å². The van der Waals surface area contributed by atoms with E-state index in [9.17, 15) is 4.79 Å². The summed E-state index contributed by atoms with van der Waals surface area (Å²) < 4.78 is 4.89. The van der Waals surface area contributed by atoms with Gasteiger partial charge < -0.3 is 4.74 Å². The van der Waals surface area contributed by atoms with Crippen LogP contribution in [0.4, 0.5) is 0 Å². The third-order valence-electron chi connectivity index (χ3n) is 2.01. The van der Waals surface area contributed by atoms with Crippen molar-refractivity contribution in [2.24, 2.45) is 0 Å². The number of ether oxygens (including phenoxy) is 1. The third kappa shape index (κ3) is 3.10. The van der Waals surface area contributed by atoms with Crippen molar-refractivity contribution >= 4 is 28.6 Å². The minimum Gasteiger partial charge on any atom is -0.461 e. The monoisotopic (exact) mass is 268 g/mol. The molecule has 0 aliphatic rings. The van der Waals surface area contributed by atoms with Crippen LogP contribution in [-0.4, -0.2) is 22.5 Å². The molecule has 0 saturated heterocycles. The molecule has 0 fully saturated rings. The molecule has 0 aliphatic carbocycles. The van der Waals surface area contributed by atoms with Gasteiger partial charge in [-0.05, 0) is 13.8 Å². The summed E-state index contributed by atoms with van der Waals surface area (Å²) in [6.45, 7) is 4.12. The Morgan fingerprint density at radius 1 is 1.29 bits per heavy atom. The Kier molecular flexibility index (Phi) is 3.86. The molecule has 4 nitrogen and oxygen atoms in total. The number of aromatic nitrogens is 2. The van der Waals surface area contributed by atoms with Gasteiger partial charge in [-0.25, -0.2) is 14.8 Å². The van der Waals surface area contributed by atoms with Crippen LogP contribution in [0.3, 0.4) is 0 Å². The first-order valence-electron chi connectivity index (χ1n) is 5.21. The molecule has 2 aromatic rings. The summed E-state index contributed by atoms with van der Waals surface area (Å²) in [5, 5.41) is 5.65. The lowest BCUT2D eigenvalue weighted by molar-refractivity contribution is 0.0520. The first-order chi connectivity index (χ1) is 8.19. The van der Waals surface area contributed by atoms with Gasteiger partial charge in [0.05, 0.1) is 18.0 Å². The van der Waals surface area contributed by atoms with Crippen LogP contribution in [-0.2, 0) is 11.2 Å². The summed E-state index contributed by atoms with van der Waals surface area (Å²) in [4.78, 5) is 20.0. The molecule has 0 N–H and O–H groups in total. The van der Waals surface area contributed by atoms with E-state index in [1.165, 1.54) is 11.3 Å². The highest BCUT2D eigenvalue weighted by molar-refractivity contribution is 7.11. The highest BCUT2D eigenvalue weighted by atomic mass is 32.1. The summed E-state index contributed by atoms with van der Waals surface area (Å²) >= 11 is 3.07. The van der Waals surface area contributed by atoms with Crippen LogP contribution in [0.2, 0.25) is 0 Å². The summed E-state index contributed by atoms with van der Waals surface area (Å²) in [6, 6.07) is 0. The fourth-order valence-corrected chi connectivity index (χ4v) is 2.94. The van der Waals surface area contributed by atoms with Crippen LogP contribution in [0.15, 0.2) is 10.8 Å². The van der Waals surface area contributed by atoms with Gasteiger partial charge >= 0.3 is 5.97 Å². The number of thiazole rings is 2. The van der Waals surface area contributed by atoms with E-state index in [0.29, 0.717) is 18.7 Å². The van der Waals surface area contributed by atoms with Crippen LogP contribution in [0, 0.1) is 6.92 Å². The Balaban J connectivity index is 2.06. The topological polar surface area (TPSA) is 52.1 Å². The first kappa shape index (κ1) is 12.2. The highest BCUT2D eigenvalue weighted by Crippen LogP contribution is 2.18. The Hall–Kier alpha value is -1.27. The SMILES string of the molecule is CCOC(=O)c1csc(Cc2nc(C)cs2)n1. The summed E-state index contributed by atoms with van der Waals surface area (Å²) in [5.74, 6) is -0.356. The van der Waals surface area contributed by atoms with E-state index < -0.39 is 0 Å². The molecule has 6 heteroatoms.